The number of hydrogen-bond donors (Lipinski definition) is 0. The van der Waals surface area contributed by atoms with Gasteiger partial charge in [-0.15, -0.1) is 11.6 Å². The first kappa shape index (κ1) is 15.3. The second-order valence-electron chi connectivity index (χ2n) is 5.08. The van der Waals surface area contributed by atoms with Crippen molar-refractivity contribution in [1.82, 2.24) is 19.3 Å². The van der Waals surface area contributed by atoms with Gasteiger partial charge in [0.05, 0.1) is 17.7 Å². The van der Waals surface area contributed by atoms with Crippen LogP contribution in [0.4, 0.5) is 0 Å². The maximum Gasteiger partial charge on any atom is 0.158 e. The summed E-state index contributed by atoms with van der Waals surface area (Å²) in [7, 11) is 1.94. The van der Waals surface area contributed by atoms with E-state index in [1.165, 1.54) is 0 Å². The highest BCUT2D eigenvalue weighted by Gasteiger charge is 2.19. The van der Waals surface area contributed by atoms with Gasteiger partial charge in [0.1, 0.15) is 11.3 Å². The van der Waals surface area contributed by atoms with Crippen LogP contribution in [-0.4, -0.2) is 32.5 Å². The lowest BCUT2D eigenvalue weighted by Crippen LogP contribution is -2.12. The molecule has 0 saturated heterocycles. The lowest BCUT2D eigenvalue weighted by Gasteiger charge is -2.11. The molecule has 0 bridgehead atoms. The van der Waals surface area contributed by atoms with Gasteiger partial charge < -0.3 is 9.30 Å². The Morgan fingerprint density at radius 2 is 2.10 bits per heavy atom. The zero-order chi connectivity index (χ0) is 14.7. The minimum absolute atomic E-state index is 0.127. The number of unbranched alkanes of at least 4 members (excludes halogenated alkanes) is 1. The van der Waals surface area contributed by atoms with Crippen LogP contribution in [0.5, 0.6) is 0 Å². The quantitative estimate of drug-likeness (QED) is 0.582. The molecular formula is C14H23ClN4O. The van der Waals surface area contributed by atoms with Crippen molar-refractivity contribution in [3.63, 3.8) is 0 Å². The minimum atomic E-state index is -0.127. The standard InChI is InChI=1S/C14H23ClN4O/c1-5-6-8-20-9-7-19-13(10(2)15)16-12-11(3)17-18(4)14(12)19/h10H,5-9H2,1-4H3. The molecule has 1 unspecified atom stereocenters. The van der Waals surface area contributed by atoms with Crippen molar-refractivity contribution in [2.75, 3.05) is 13.2 Å². The summed E-state index contributed by atoms with van der Waals surface area (Å²) in [5.74, 6) is 0.886. The molecule has 5 nitrogen and oxygen atoms in total. The summed E-state index contributed by atoms with van der Waals surface area (Å²) in [4.78, 5) is 4.64. The molecule has 0 radical (unpaired) electrons. The van der Waals surface area contributed by atoms with E-state index in [1.54, 1.807) is 0 Å². The van der Waals surface area contributed by atoms with Gasteiger partial charge in [-0.3, -0.25) is 4.68 Å². The molecule has 2 aromatic rings. The summed E-state index contributed by atoms with van der Waals surface area (Å²) in [6, 6.07) is 0. The van der Waals surface area contributed by atoms with E-state index in [-0.39, 0.29) is 5.38 Å². The Balaban J connectivity index is 2.22. The molecule has 0 aliphatic rings. The molecule has 0 fully saturated rings. The fourth-order valence-electron chi connectivity index (χ4n) is 2.38. The molecule has 0 N–H and O–H groups in total. The summed E-state index contributed by atoms with van der Waals surface area (Å²) in [5, 5.41) is 4.29. The van der Waals surface area contributed by atoms with Gasteiger partial charge in [0.2, 0.25) is 0 Å². The predicted molar refractivity (Wildman–Crippen MR) is 81.2 cm³/mol. The molecule has 0 spiro atoms. The number of aryl methyl sites for hydroxylation is 2. The van der Waals surface area contributed by atoms with Crippen LogP contribution in [0.25, 0.3) is 11.2 Å². The van der Waals surface area contributed by atoms with Gasteiger partial charge in [-0.25, -0.2) is 4.98 Å². The number of alkyl halides is 1. The Hall–Kier alpha value is -1.07. The molecule has 0 aliphatic heterocycles. The number of nitrogens with zero attached hydrogens (tertiary/aromatic N) is 4. The van der Waals surface area contributed by atoms with E-state index in [4.69, 9.17) is 16.3 Å². The van der Waals surface area contributed by atoms with Crippen molar-refractivity contribution in [1.29, 1.82) is 0 Å². The van der Waals surface area contributed by atoms with Crippen LogP contribution in [0.3, 0.4) is 0 Å². The smallest absolute Gasteiger partial charge is 0.158 e. The van der Waals surface area contributed by atoms with Crippen molar-refractivity contribution >= 4 is 22.8 Å². The maximum atomic E-state index is 6.25. The van der Waals surface area contributed by atoms with Gasteiger partial charge in [-0.05, 0) is 20.3 Å². The minimum Gasteiger partial charge on any atom is -0.380 e. The highest BCUT2D eigenvalue weighted by atomic mass is 35.5. The number of rotatable bonds is 7. The monoisotopic (exact) mass is 298 g/mol. The summed E-state index contributed by atoms with van der Waals surface area (Å²) >= 11 is 6.25. The number of imidazole rings is 1. The number of ether oxygens (including phenoxy) is 1. The van der Waals surface area contributed by atoms with E-state index < -0.39 is 0 Å². The number of fused-ring (bicyclic) bond motifs is 1. The van der Waals surface area contributed by atoms with Crippen LogP contribution in [0.2, 0.25) is 0 Å². The van der Waals surface area contributed by atoms with E-state index in [1.807, 2.05) is 25.6 Å². The molecule has 112 valence electrons. The maximum absolute atomic E-state index is 6.25. The molecule has 1 atom stereocenters. The predicted octanol–water partition coefficient (Wildman–Crippen LogP) is 3.19. The van der Waals surface area contributed by atoms with E-state index >= 15 is 0 Å². The summed E-state index contributed by atoms with van der Waals surface area (Å²) in [5.41, 5.74) is 2.89. The molecule has 6 heteroatoms. The third-order valence-corrected chi connectivity index (χ3v) is 3.57. The zero-order valence-corrected chi connectivity index (χ0v) is 13.4. The second kappa shape index (κ2) is 6.59. The molecule has 2 rings (SSSR count). The summed E-state index contributed by atoms with van der Waals surface area (Å²) < 4.78 is 9.65. The van der Waals surface area contributed by atoms with Gasteiger partial charge in [-0.1, -0.05) is 13.3 Å². The van der Waals surface area contributed by atoms with Crippen molar-refractivity contribution in [2.45, 2.75) is 45.5 Å². The van der Waals surface area contributed by atoms with Crippen LogP contribution < -0.4 is 0 Å². The van der Waals surface area contributed by atoms with E-state index in [0.29, 0.717) is 6.61 Å². The van der Waals surface area contributed by atoms with Crippen LogP contribution in [0.15, 0.2) is 0 Å². The first-order chi connectivity index (χ1) is 9.56. The Morgan fingerprint density at radius 1 is 1.35 bits per heavy atom. The van der Waals surface area contributed by atoms with E-state index in [2.05, 4.69) is 21.6 Å². The Bertz CT molecular complexity index is 573. The summed E-state index contributed by atoms with van der Waals surface area (Å²) in [6.45, 7) is 8.32. The Kier molecular flexibility index (Phi) is 5.05. The highest BCUT2D eigenvalue weighted by Crippen LogP contribution is 2.25. The third kappa shape index (κ3) is 2.99. The zero-order valence-electron chi connectivity index (χ0n) is 12.7. The summed E-state index contributed by atoms with van der Waals surface area (Å²) in [6.07, 6.45) is 2.25. The van der Waals surface area contributed by atoms with Gasteiger partial charge >= 0.3 is 0 Å². The van der Waals surface area contributed by atoms with Crippen LogP contribution in [0.1, 0.15) is 43.6 Å². The fourth-order valence-corrected chi connectivity index (χ4v) is 2.55. The van der Waals surface area contributed by atoms with Gasteiger partial charge in [-0.2, -0.15) is 5.10 Å². The molecule has 0 aromatic carbocycles. The molecule has 0 amide bonds. The van der Waals surface area contributed by atoms with E-state index in [9.17, 15) is 0 Å². The molecule has 2 aromatic heterocycles. The van der Waals surface area contributed by atoms with Crippen molar-refractivity contribution in [3.8, 4) is 0 Å². The molecule has 2 heterocycles. The molecular weight excluding hydrogens is 276 g/mol. The number of hydrogen-bond acceptors (Lipinski definition) is 3. The normalized spacial score (nSPS) is 13.2. The average Bonchev–Trinajstić information content (AvgIpc) is 2.89. The average molecular weight is 299 g/mol. The van der Waals surface area contributed by atoms with Crippen LogP contribution in [0, 0.1) is 6.92 Å². The number of aromatic nitrogens is 4. The molecule has 20 heavy (non-hydrogen) atoms. The first-order valence-corrected chi connectivity index (χ1v) is 7.61. The molecule has 0 aliphatic carbocycles. The molecule has 0 saturated carbocycles. The van der Waals surface area contributed by atoms with Crippen molar-refractivity contribution < 1.29 is 4.74 Å². The van der Waals surface area contributed by atoms with Crippen LogP contribution in [-0.2, 0) is 18.3 Å². The largest absolute Gasteiger partial charge is 0.380 e. The van der Waals surface area contributed by atoms with Crippen molar-refractivity contribution in [3.05, 3.63) is 11.5 Å². The first-order valence-electron chi connectivity index (χ1n) is 7.17. The van der Waals surface area contributed by atoms with Gasteiger partial charge in [0.15, 0.2) is 5.65 Å². The highest BCUT2D eigenvalue weighted by molar-refractivity contribution is 6.20. The van der Waals surface area contributed by atoms with Crippen molar-refractivity contribution in [2.24, 2.45) is 7.05 Å². The van der Waals surface area contributed by atoms with Gasteiger partial charge in [0, 0.05) is 20.2 Å². The topological polar surface area (TPSA) is 44.9 Å². The lowest BCUT2D eigenvalue weighted by atomic mass is 10.4. The Labute approximate surface area is 124 Å². The van der Waals surface area contributed by atoms with Gasteiger partial charge in [0.25, 0.3) is 0 Å². The Morgan fingerprint density at radius 3 is 2.75 bits per heavy atom. The third-order valence-electron chi connectivity index (χ3n) is 3.38. The van der Waals surface area contributed by atoms with E-state index in [0.717, 1.165) is 48.7 Å². The second-order valence-corrected chi connectivity index (χ2v) is 5.74. The SMILES string of the molecule is CCCCOCCn1c(C(C)Cl)nc2c(C)nn(C)c21. The fraction of sp³-hybridized carbons (Fsp3) is 0.714. The lowest BCUT2D eigenvalue weighted by molar-refractivity contribution is 0.123. The van der Waals surface area contributed by atoms with Crippen LogP contribution >= 0.6 is 11.6 Å². The number of halogens is 1.